The van der Waals surface area contributed by atoms with Gasteiger partial charge in [0.05, 0.1) is 10.6 Å². The average Bonchev–Trinajstić information content (AvgIpc) is 3.01. The lowest BCUT2D eigenvalue weighted by molar-refractivity contribution is -0.125. The first-order valence-electron chi connectivity index (χ1n) is 10.5. The highest BCUT2D eigenvalue weighted by molar-refractivity contribution is 7.92. The second-order valence-corrected chi connectivity index (χ2v) is 10.4. The molecule has 3 aliphatic rings. The zero-order chi connectivity index (χ0) is 20.2. The lowest BCUT2D eigenvalue weighted by atomic mass is 9.84. The highest BCUT2D eigenvalue weighted by Crippen LogP contribution is 2.39. The maximum absolute atomic E-state index is 13.5. The molecule has 5 nitrogen and oxygen atoms in total. The van der Waals surface area contributed by atoms with Gasteiger partial charge in [-0.1, -0.05) is 24.6 Å². The van der Waals surface area contributed by atoms with Gasteiger partial charge in [-0.15, -0.1) is 0 Å². The van der Waals surface area contributed by atoms with Crippen LogP contribution in [-0.4, -0.2) is 26.9 Å². The first kappa shape index (κ1) is 18.7. The van der Waals surface area contributed by atoms with Gasteiger partial charge in [0.25, 0.3) is 10.0 Å². The van der Waals surface area contributed by atoms with Crippen molar-refractivity contribution in [2.75, 3.05) is 15.7 Å². The number of amides is 1. The number of sulfonamides is 1. The monoisotopic (exact) mass is 410 g/mol. The Morgan fingerprint density at radius 2 is 1.79 bits per heavy atom. The van der Waals surface area contributed by atoms with Crippen LogP contribution in [0.1, 0.15) is 43.7 Å². The minimum Gasteiger partial charge on any atom is -0.309 e. The SMILES string of the molecule is CC1Cc2cc(S(=O)(=O)N3CCCc4ccccc43)ccc2N1C(=O)C1CCC1. The molecule has 2 aromatic rings. The number of para-hydroxylation sites is 1. The van der Waals surface area contributed by atoms with Crippen molar-refractivity contribution in [3.8, 4) is 0 Å². The van der Waals surface area contributed by atoms with Gasteiger partial charge in [0.15, 0.2) is 0 Å². The largest absolute Gasteiger partial charge is 0.309 e. The van der Waals surface area contributed by atoms with Crippen LogP contribution in [0.3, 0.4) is 0 Å². The Balaban J connectivity index is 1.49. The van der Waals surface area contributed by atoms with Crippen LogP contribution in [0.15, 0.2) is 47.4 Å². The molecule has 0 aromatic heterocycles. The second kappa shape index (κ2) is 6.87. The van der Waals surface area contributed by atoms with E-state index in [9.17, 15) is 13.2 Å². The van der Waals surface area contributed by atoms with Crippen molar-refractivity contribution in [3.63, 3.8) is 0 Å². The number of rotatable bonds is 3. The summed E-state index contributed by atoms with van der Waals surface area (Å²) in [6.45, 7) is 2.55. The molecule has 152 valence electrons. The van der Waals surface area contributed by atoms with Gasteiger partial charge in [-0.3, -0.25) is 9.10 Å². The van der Waals surface area contributed by atoms with Gasteiger partial charge >= 0.3 is 0 Å². The summed E-state index contributed by atoms with van der Waals surface area (Å²) in [7, 11) is -3.63. The van der Waals surface area contributed by atoms with E-state index in [1.54, 1.807) is 16.4 Å². The van der Waals surface area contributed by atoms with Gasteiger partial charge in [-0.2, -0.15) is 0 Å². The van der Waals surface area contributed by atoms with E-state index in [-0.39, 0.29) is 17.9 Å². The van der Waals surface area contributed by atoms with Gasteiger partial charge in [-0.05, 0) is 74.4 Å². The summed E-state index contributed by atoms with van der Waals surface area (Å²) in [4.78, 5) is 15.1. The number of anilines is 2. The zero-order valence-electron chi connectivity index (χ0n) is 16.7. The summed E-state index contributed by atoms with van der Waals surface area (Å²) >= 11 is 0. The third-order valence-electron chi connectivity index (χ3n) is 6.61. The Labute approximate surface area is 172 Å². The van der Waals surface area contributed by atoms with Gasteiger partial charge < -0.3 is 4.90 Å². The van der Waals surface area contributed by atoms with E-state index in [2.05, 4.69) is 0 Å². The van der Waals surface area contributed by atoms with Crippen LogP contribution in [0.25, 0.3) is 0 Å². The third kappa shape index (κ3) is 2.96. The lowest BCUT2D eigenvalue weighted by Gasteiger charge is -2.32. The molecule has 29 heavy (non-hydrogen) atoms. The Morgan fingerprint density at radius 1 is 1.00 bits per heavy atom. The number of benzene rings is 2. The van der Waals surface area contributed by atoms with Crippen molar-refractivity contribution in [1.29, 1.82) is 0 Å². The van der Waals surface area contributed by atoms with E-state index in [1.165, 1.54) is 0 Å². The molecule has 1 amide bonds. The van der Waals surface area contributed by atoms with Crippen molar-refractivity contribution >= 4 is 27.3 Å². The van der Waals surface area contributed by atoms with Gasteiger partial charge in [0.1, 0.15) is 0 Å². The molecule has 0 saturated heterocycles. The Morgan fingerprint density at radius 3 is 2.55 bits per heavy atom. The number of carbonyl (C=O) groups excluding carboxylic acids is 1. The van der Waals surface area contributed by atoms with Crippen LogP contribution < -0.4 is 9.21 Å². The standard InChI is InChI=1S/C23H26N2O3S/c1-16-14-19-15-20(11-12-22(19)25(16)23(26)18-7-4-8-18)29(27,28)24-13-5-9-17-6-2-3-10-21(17)24/h2-3,6,10-12,15-16,18H,4-5,7-9,13-14H2,1H3. The molecular weight excluding hydrogens is 384 g/mol. The van der Waals surface area contributed by atoms with E-state index < -0.39 is 10.0 Å². The van der Waals surface area contributed by atoms with Crippen molar-refractivity contribution in [3.05, 3.63) is 53.6 Å². The molecular formula is C23H26N2O3S. The lowest BCUT2D eigenvalue weighted by Crippen LogP contribution is -2.42. The van der Waals surface area contributed by atoms with Crippen LogP contribution in [-0.2, 0) is 27.7 Å². The summed E-state index contributed by atoms with van der Waals surface area (Å²) in [6.07, 6.45) is 5.49. The molecule has 5 rings (SSSR count). The quantitative estimate of drug-likeness (QED) is 0.771. The molecule has 6 heteroatoms. The fourth-order valence-electron chi connectivity index (χ4n) is 4.83. The smallest absolute Gasteiger partial charge is 0.264 e. The fourth-order valence-corrected chi connectivity index (χ4v) is 6.42. The van der Waals surface area contributed by atoms with Crippen molar-refractivity contribution in [2.45, 2.75) is 56.4 Å². The van der Waals surface area contributed by atoms with Crippen LogP contribution in [0.2, 0.25) is 0 Å². The molecule has 2 aromatic carbocycles. The minimum atomic E-state index is -3.63. The number of fused-ring (bicyclic) bond motifs is 2. The predicted molar refractivity (Wildman–Crippen MR) is 114 cm³/mol. The molecule has 1 aliphatic carbocycles. The number of carbonyl (C=O) groups is 1. The van der Waals surface area contributed by atoms with Crippen molar-refractivity contribution in [1.82, 2.24) is 0 Å². The van der Waals surface area contributed by atoms with E-state index in [0.29, 0.717) is 17.9 Å². The summed E-state index contributed by atoms with van der Waals surface area (Å²) in [5, 5.41) is 0. The molecule has 2 aliphatic heterocycles. The van der Waals surface area contributed by atoms with Gasteiger partial charge in [0.2, 0.25) is 5.91 Å². The number of aryl methyl sites for hydroxylation is 1. The van der Waals surface area contributed by atoms with Crippen molar-refractivity contribution in [2.24, 2.45) is 5.92 Å². The molecule has 0 radical (unpaired) electrons. The van der Waals surface area contributed by atoms with Gasteiger partial charge in [-0.25, -0.2) is 8.42 Å². The van der Waals surface area contributed by atoms with Gasteiger partial charge in [0, 0.05) is 24.2 Å². The van der Waals surface area contributed by atoms with Crippen LogP contribution in [0.5, 0.6) is 0 Å². The summed E-state index contributed by atoms with van der Waals surface area (Å²) < 4.78 is 28.5. The van der Waals surface area contributed by atoms with E-state index in [0.717, 1.165) is 54.6 Å². The molecule has 1 saturated carbocycles. The average molecular weight is 411 g/mol. The van der Waals surface area contributed by atoms with E-state index in [1.807, 2.05) is 42.2 Å². The van der Waals surface area contributed by atoms with Crippen LogP contribution in [0.4, 0.5) is 11.4 Å². The maximum Gasteiger partial charge on any atom is 0.264 e. The predicted octanol–water partition coefficient (Wildman–Crippen LogP) is 3.91. The molecule has 0 N–H and O–H groups in total. The normalized spacial score (nSPS) is 21.5. The van der Waals surface area contributed by atoms with Crippen LogP contribution >= 0.6 is 0 Å². The second-order valence-electron chi connectivity index (χ2n) is 8.49. The number of hydrogen-bond donors (Lipinski definition) is 0. The fraction of sp³-hybridized carbons (Fsp3) is 0.435. The topological polar surface area (TPSA) is 57.7 Å². The number of hydrogen-bond acceptors (Lipinski definition) is 3. The summed E-state index contributed by atoms with van der Waals surface area (Å²) in [6, 6.07) is 13.1. The van der Waals surface area contributed by atoms with E-state index in [4.69, 9.17) is 0 Å². The first-order chi connectivity index (χ1) is 14.0. The maximum atomic E-state index is 13.5. The first-order valence-corrected chi connectivity index (χ1v) is 12.0. The molecule has 2 heterocycles. The molecule has 1 atom stereocenters. The molecule has 0 bridgehead atoms. The Hall–Kier alpha value is -2.34. The Kier molecular flexibility index (Phi) is 4.42. The summed E-state index contributed by atoms with van der Waals surface area (Å²) in [5.41, 5.74) is 3.70. The van der Waals surface area contributed by atoms with Crippen molar-refractivity contribution < 1.29 is 13.2 Å². The number of nitrogens with zero attached hydrogens (tertiary/aromatic N) is 2. The molecule has 1 unspecified atom stereocenters. The van der Waals surface area contributed by atoms with Crippen LogP contribution in [0, 0.1) is 5.92 Å². The highest BCUT2D eigenvalue weighted by atomic mass is 32.2. The molecule has 1 fully saturated rings. The molecule has 0 spiro atoms. The van der Waals surface area contributed by atoms with E-state index >= 15 is 0 Å². The zero-order valence-corrected chi connectivity index (χ0v) is 17.5. The Bertz CT molecular complexity index is 1080. The third-order valence-corrected chi connectivity index (χ3v) is 8.42. The minimum absolute atomic E-state index is 0.0757. The highest BCUT2D eigenvalue weighted by Gasteiger charge is 2.38. The summed E-state index contributed by atoms with van der Waals surface area (Å²) in [5.74, 6) is 0.333.